The van der Waals surface area contributed by atoms with E-state index in [0.717, 1.165) is 28.4 Å². The van der Waals surface area contributed by atoms with Gasteiger partial charge in [-0.15, -0.1) is 0 Å². The number of aryl methyl sites for hydroxylation is 1. The average molecular weight is 352 g/mol. The topological polar surface area (TPSA) is 74.2 Å². The van der Waals surface area contributed by atoms with E-state index >= 15 is 0 Å². The van der Waals surface area contributed by atoms with Gasteiger partial charge in [0.15, 0.2) is 5.82 Å². The van der Waals surface area contributed by atoms with Gasteiger partial charge in [0.1, 0.15) is 0 Å². The van der Waals surface area contributed by atoms with Gasteiger partial charge in [-0.1, -0.05) is 11.2 Å². The zero-order valence-corrected chi connectivity index (χ0v) is 13.5. The average Bonchev–Trinajstić information content (AvgIpc) is 2.86. The number of hydrogen-bond donors (Lipinski definition) is 1. The number of ether oxygens (including phenoxy) is 1. The highest BCUT2D eigenvalue weighted by molar-refractivity contribution is 9.10. The lowest BCUT2D eigenvalue weighted by Gasteiger charge is -2.26. The first-order chi connectivity index (χ1) is 10.1. The van der Waals surface area contributed by atoms with E-state index in [1.807, 2.05) is 25.1 Å². The van der Waals surface area contributed by atoms with Crippen LogP contribution in [0.1, 0.15) is 36.7 Å². The van der Waals surface area contributed by atoms with Crippen molar-refractivity contribution in [3.8, 4) is 11.5 Å². The Morgan fingerprint density at radius 1 is 1.48 bits per heavy atom. The normalized spacial score (nSPS) is 16.7. The maximum absolute atomic E-state index is 6.05. The molecule has 0 bridgehead atoms. The zero-order valence-electron chi connectivity index (χ0n) is 11.9. The van der Waals surface area contributed by atoms with Crippen molar-refractivity contribution >= 4 is 15.9 Å². The van der Waals surface area contributed by atoms with Crippen LogP contribution in [0.5, 0.6) is 0 Å². The van der Waals surface area contributed by atoms with E-state index in [0.29, 0.717) is 24.4 Å². The molecule has 3 rings (SSSR count). The van der Waals surface area contributed by atoms with E-state index in [9.17, 15) is 0 Å². The van der Waals surface area contributed by atoms with Gasteiger partial charge in [0, 0.05) is 4.47 Å². The molecule has 0 radical (unpaired) electrons. The van der Waals surface area contributed by atoms with Gasteiger partial charge in [-0.05, 0) is 59.8 Å². The molecule has 1 fully saturated rings. The molecule has 2 N–H and O–H groups in total. The minimum absolute atomic E-state index is 0.354. The Morgan fingerprint density at radius 2 is 2.29 bits per heavy atom. The lowest BCUT2D eigenvalue weighted by Crippen LogP contribution is -2.27. The number of aromatic nitrogens is 2. The minimum Gasteiger partial charge on any atom is -0.376 e. The first kappa shape index (κ1) is 14.7. The SMILES string of the molecule is Cc1ccc(-c2nc(C(N)COC3CCC3)no2)c(Br)c1. The molecule has 1 atom stereocenters. The number of hydrogen-bond acceptors (Lipinski definition) is 5. The number of nitrogens with zero attached hydrogens (tertiary/aromatic N) is 2. The third-order valence-electron chi connectivity index (χ3n) is 3.69. The van der Waals surface area contributed by atoms with Crippen LogP contribution in [-0.2, 0) is 4.74 Å². The highest BCUT2D eigenvalue weighted by Gasteiger charge is 2.22. The van der Waals surface area contributed by atoms with Gasteiger partial charge in [0.05, 0.1) is 24.3 Å². The molecule has 1 saturated carbocycles. The van der Waals surface area contributed by atoms with Gasteiger partial charge < -0.3 is 15.0 Å². The molecular formula is C15H18BrN3O2. The quantitative estimate of drug-likeness (QED) is 0.893. The summed E-state index contributed by atoms with van der Waals surface area (Å²) in [5.41, 5.74) is 8.08. The van der Waals surface area contributed by atoms with Gasteiger partial charge in [-0.2, -0.15) is 4.98 Å². The summed E-state index contributed by atoms with van der Waals surface area (Å²) < 4.78 is 11.9. The van der Waals surface area contributed by atoms with Crippen LogP contribution in [0.25, 0.3) is 11.5 Å². The Kier molecular flexibility index (Phi) is 4.37. The van der Waals surface area contributed by atoms with Crippen LogP contribution in [0, 0.1) is 6.92 Å². The van der Waals surface area contributed by atoms with E-state index in [1.165, 1.54) is 6.42 Å². The Hall–Kier alpha value is -1.24. The third kappa shape index (κ3) is 3.33. The van der Waals surface area contributed by atoms with Gasteiger partial charge in [-0.3, -0.25) is 0 Å². The van der Waals surface area contributed by atoms with Crippen molar-refractivity contribution in [1.82, 2.24) is 10.1 Å². The highest BCUT2D eigenvalue weighted by atomic mass is 79.9. The highest BCUT2D eigenvalue weighted by Crippen LogP contribution is 2.28. The summed E-state index contributed by atoms with van der Waals surface area (Å²) >= 11 is 3.51. The lowest BCUT2D eigenvalue weighted by atomic mass is 9.96. The molecule has 2 aromatic rings. The molecule has 0 aliphatic heterocycles. The van der Waals surface area contributed by atoms with Crippen molar-refractivity contribution in [2.24, 2.45) is 5.73 Å². The second-order valence-corrected chi connectivity index (χ2v) is 6.29. The predicted octanol–water partition coefficient (Wildman–Crippen LogP) is 3.38. The summed E-state index contributed by atoms with van der Waals surface area (Å²) in [7, 11) is 0. The lowest BCUT2D eigenvalue weighted by molar-refractivity contribution is -0.00549. The first-order valence-corrected chi connectivity index (χ1v) is 7.90. The Morgan fingerprint density at radius 3 is 2.95 bits per heavy atom. The van der Waals surface area contributed by atoms with Crippen LogP contribution < -0.4 is 5.73 Å². The molecule has 0 amide bonds. The number of rotatable bonds is 5. The van der Waals surface area contributed by atoms with E-state index in [2.05, 4.69) is 26.1 Å². The largest absolute Gasteiger partial charge is 0.376 e. The van der Waals surface area contributed by atoms with Crippen molar-refractivity contribution in [2.45, 2.75) is 38.3 Å². The fraction of sp³-hybridized carbons (Fsp3) is 0.467. The van der Waals surface area contributed by atoms with Gasteiger partial charge in [0.2, 0.25) is 0 Å². The van der Waals surface area contributed by atoms with Crippen molar-refractivity contribution in [2.75, 3.05) is 6.61 Å². The summed E-state index contributed by atoms with van der Waals surface area (Å²) in [6.45, 7) is 2.46. The first-order valence-electron chi connectivity index (χ1n) is 7.11. The molecule has 1 aromatic carbocycles. The molecule has 1 unspecified atom stereocenters. The monoisotopic (exact) mass is 351 g/mol. The maximum atomic E-state index is 6.05. The Balaban J connectivity index is 1.69. The van der Waals surface area contributed by atoms with Crippen LogP contribution in [0.4, 0.5) is 0 Å². The van der Waals surface area contributed by atoms with E-state index in [1.54, 1.807) is 0 Å². The van der Waals surface area contributed by atoms with Crippen LogP contribution in [0.3, 0.4) is 0 Å². The van der Waals surface area contributed by atoms with Gasteiger partial charge in [-0.25, -0.2) is 0 Å². The minimum atomic E-state index is -0.354. The molecule has 0 spiro atoms. The summed E-state index contributed by atoms with van der Waals surface area (Å²) in [6, 6.07) is 5.61. The Bertz CT molecular complexity index is 625. The molecule has 112 valence electrons. The van der Waals surface area contributed by atoms with Gasteiger partial charge in [0.25, 0.3) is 5.89 Å². The second kappa shape index (κ2) is 6.25. The molecule has 1 aromatic heterocycles. The van der Waals surface area contributed by atoms with Crippen molar-refractivity contribution in [3.05, 3.63) is 34.1 Å². The molecule has 6 heteroatoms. The number of halogens is 1. The maximum Gasteiger partial charge on any atom is 0.259 e. The summed E-state index contributed by atoms with van der Waals surface area (Å²) in [6.07, 6.45) is 3.85. The molecule has 1 aliphatic rings. The Labute approximate surface area is 132 Å². The van der Waals surface area contributed by atoms with Crippen molar-refractivity contribution in [1.29, 1.82) is 0 Å². The standard InChI is InChI=1S/C15H18BrN3O2/c1-9-5-6-11(12(16)7-9)15-18-14(19-21-15)13(17)8-20-10-3-2-4-10/h5-7,10,13H,2-4,8,17H2,1H3. The van der Waals surface area contributed by atoms with Crippen molar-refractivity contribution in [3.63, 3.8) is 0 Å². The van der Waals surface area contributed by atoms with E-state index < -0.39 is 0 Å². The van der Waals surface area contributed by atoms with Crippen LogP contribution in [-0.4, -0.2) is 22.9 Å². The fourth-order valence-corrected chi connectivity index (χ4v) is 2.80. The molecule has 5 nitrogen and oxygen atoms in total. The molecule has 1 aliphatic carbocycles. The van der Waals surface area contributed by atoms with Crippen LogP contribution in [0.15, 0.2) is 27.2 Å². The molecule has 1 heterocycles. The molecule has 21 heavy (non-hydrogen) atoms. The smallest absolute Gasteiger partial charge is 0.259 e. The zero-order chi connectivity index (χ0) is 14.8. The van der Waals surface area contributed by atoms with Crippen molar-refractivity contribution < 1.29 is 9.26 Å². The van der Waals surface area contributed by atoms with E-state index in [4.69, 9.17) is 15.0 Å². The fourth-order valence-electron chi connectivity index (χ4n) is 2.14. The predicted molar refractivity (Wildman–Crippen MR) is 82.7 cm³/mol. The second-order valence-electron chi connectivity index (χ2n) is 5.43. The number of nitrogens with two attached hydrogens (primary N) is 1. The van der Waals surface area contributed by atoms with Crippen LogP contribution >= 0.6 is 15.9 Å². The summed E-state index contributed by atoms with van der Waals surface area (Å²) in [5.74, 6) is 0.952. The van der Waals surface area contributed by atoms with Crippen LogP contribution in [0.2, 0.25) is 0 Å². The third-order valence-corrected chi connectivity index (χ3v) is 4.35. The van der Waals surface area contributed by atoms with Gasteiger partial charge >= 0.3 is 0 Å². The summed E-state index contributed by atoms with van der Waals surface area (Å²) in [4.78, 5) is 4.38. The van der Waals surface area contributed by atoms with E-state index in [-0.39, 0.29) is 6.04 Å². The summed E-state index contributed by atoms with van der Waals surface area (Å²) in [5, 5.41) is 3.97. The number of benzene rings is 1. The molecule has 0 saturated heterocycles. The molecular weight excluding hydrogens is 334 g/mol.